The SMILES string of the molecule is CCCCCN(c1c(CCN)c(C)nn1C)C(C)C. The molecule has 2 N–H and O–H groups in total. The van der Waals surface area contributed by atoms with Gasteiger partial charge in [-0.1, -0.05) is 19.8 Å². The van der Waals surface area contributed by atoms with Crippen LogP contribution in [0.5, 0.6) is 0 Å². The Morgan fingerprint density at radius 2 is 2.00 bits per heavy atom. The quantitative estimate of drug-likeness (QED) is 0.736. The average molecular weight is 266 g/mol. The van der Waals surface area contributed by atoms with Crippen LogP contribution in [0.15, 0.2) is 0 Å². The summed E-state index contributed by atoms with van der Waals surface area (Å²) in [6.45, 7) is 10.6. The first-order chi connectivity index (χ1) is 9.02. The van der Waals surface area contributed by atoms with Gasteiger partial charge in [0.15, 0.2) is 0 Å². The highest BCUT2D eigenvalue weighted by atomic mass is 15.4. The van der Waals surface area contributed by atoms with Gasteiger partial charge in [-0.15, -0.1) is 0 Å². The normalized spacial score (nSPS) is 11.3. The molecule has 0 unspecified atom stereocenters. The molecular weight excluding hydrogens is 236 g/mol. The van der Waals surface area contributed by atoms with Gasteiger partial charge in [0.05, 0.1) is 5.69 Å². The van der Waals surface area contributed by atoms with Crippen LogP contribution in [0, 0.1) is 6.92 Å². The summed E-state index contributed by atoms with van der Waals surface area (Å²) in [7, 11) is 2.04. The lowest BCUT2D eigenvalue weighted by molar-refractivity contribution is 0.597. The van der Waals surface area contributed by atoms with E-state index in [2.05, 4.69) is 37.7 Å². The van der Waals surface area contributed by atoms with Crippen LogP contribution in [0.25, 0.3) is 0 Å². The number of anilines is 1. The van der Waals surface area contributed by atoms with E-state index in [0.29, 0.717) is 12.6 Å². The second kappa shape index (κ2) is 7.53. The summed E-state index contributed by atoms with van der Waals surface area (Å²) in [5.41, 5.74) is 8.18. The van der Waals surface area contributed by atoms with E-state index in [9.17, 15) is 0 Å². The van der Waals surface area contributed by atoms with Gasteiger partial charge in [0, 0.05) is 25.2 Å². The maximum absolute atomic E-state index is 5.75. The Morgan fingerprint density at radius 1 is 1.32 bits per heavy atom. The van der Waals surface area contributed by atoms with Gasteiger partial charge in [-0.2, -0.15) is 5.10 Å². The molecular formula is C15H30N4. The van der Waals surface area contributed by atoms with Crippen molar-refractivity contribution in [2.45, 2.75) is 59.4 Å². The number of nitrogens with two attached hydrogens (primary N) is 1. The Kier molecular flexibility index (Phi) is 6.35. The van der Waals surface area contributed by atoms with Gasteiger partial charge in [-0.3, -0.25) is 4.68 Å². The monoisotopic (exact) mass is 266 g/mol. The van der Waals surface area contributed by atoms with Crippen molar-refractivity contribution in [2.75, 3.05) is 18.0 Å². The van der Waals surface area contributed by atoms with Gasteiger partial charge in [0.2, 0.25) is 0 Å². The van der Waals surface area contributed by atoms with Crippen LogP contribution in [0.3, 0.4) is 0 Å². The molecule has 0 saturated heterocycles. The van der Waals surface area contributed by atoms with Crippen molar-refractivity contribution >= 4 is 5.82 Å². The minimum atomic E-state index is 0.489. The molecule has 4 heteroatoms. The summed E-state index contributed by atoms with van der Waals surface area (Å²) in [6.07, 6.45) is 4.69. The van der Waals surface area contributed by atoms with E-state index in [0.717, 1.165) is 18.7 Å². The molecule has 0 aliphatic rings. The zero-order valence-corrected chi connectivity index (χ0v) is 13.2. The van der Waals surface area contributed by atoms with Crippen LogP contribution >= 0.6 is 0 Å². The van der Waals surface area contributed by atoms with Gasteiger partial charge in [-0.25, -0.2) is 0 Å². The van der Waals surface area contributed by atoms with E-state index >= 15 is 0 Å². The molecule has 0 radical (unpaired) electrons. The maximum atomic E-state index is 5.75. The molecule has 0 bridgehead atoms. The topological polar surface area (TPSA) is 47.1 Å². The highest BCUT2D eigenvalue weighted by molar-refractivity contribution is 5.51. The highest BCUT2D eigenvalue weighted by Crippen LogP contribution is 2.25. The van der Waals surface area contributed by atoms with Gasteiger partial charge in [0.25, 0.3) is 0 Å². The molecule has 1 aromatic heterocycles. The summed E-state index contributed by atoms with van der Waals surface area (Å²) >= 11 is 0. The van der Waals surface area contributed by atoms with E-state index in [-0.39, 0.29) is 0 Å². The third kappa shape index (κ3) is 3.96. The summed E-state index contributed by atoms with van der Waals surface area (Å²) in [5.74, 6) is 1.26. The Morgan fingerprint density at radius 3 is 2.53 bits per heavy atom. The van der Waals surface area contributed by atoms with Crippen molar-refractivity contribution in [3.8, 4) is 0 Å². The Bertz CT molecular complexity index is 382. The third-order valence-corrected chi connectivity index (χ3v) is 3.61. The van der Waals surface area contributed by atoms with Crippen molar-refractivity contribution in [2.24, 2.45) is 12.8 Å². The molecule has 4 nitrogen and oxygen atoms in total. The zero-order chi connectivity index (χ0) is 14.4. The maximum Gasteiger partial charge on any atom is 0.130 e. The van der Waals surface area contributed by atoms with Crippen LogP contribution in [0.2, 0.25) is 0 Å². The molecule has 0 spiro atoms. The average Bonchev–Trinajstić information content (AvgIpc) is 2.61. The van der Waals surface area contributed by atoms with Gasteiger partial charge in [0.1, 0.15) is 5.82 Å². The zero-order valence-electron chi connectivity index (χ0n) is 13.2. The molecule has 1 aromatic rings. The van der Waals surface area contributed by atoms with Crippen LogP contribution in [0.4, 0.5) is 5.82 Å². The molecule has 0 aromatic carbocycles. The first kappa shape index (κ1) is 16.0. The minimum absolute atomic E-state index is 0.489. The van der Waals surface area contributed by atoms with Crippen molar-refractivity contribution in [3.63, 3.8) is 0 Å². The molecule has 0 fully saturated rings. The van der Waals surface area contributed by atoms with E-state index in [1.165, 1.54) is 30.6 Å². The molecule has 0 saturated carbocycles. The Hall–Kier alpha value is -1.03. The number of aromatic nitrogens is 2. The smallest absolute Gasteiger partial charge is 0.130 e. The van der Waals surface area contributed by atoms with E-state index in [1.54, 1.807) is 0 Å². The fourth-order valence-electron chi connectivity index (χ4n) is 2.63. The van der Waals surface area contributed by atoms with Gasteiger partial charge in [-0.05, 0) is 40.2 Å². The molecule has 0 atom stereocenters. The number of hydrogen-bond donors (Lipinski definition) is 1. The first-order valence-electron chi connectivity index (χ1n) is 7.52. The van der Waals surface area contributed by atoms with E-state index < -0.39 is 0 Å². The first-order valence-corrected chi connectivity index (χ1v) is 7.52. The molecule has 1 rings (SSSR count). The van der Waals surface area contributed by atoms with Crippen LogP contribution in [0.1, 0.15) is 51.3 Å². The standard InChI is InChI=1S/C15H30N4/c1-6-7-8-11-19(12(2)3)15-14(9-10-16)13(4)17-18(15)5/h12H,6-11,16H2,1-5H3. The van der Waals surface area contributed by atoms with Crippen LogP contribution in [-0.2, 0) is 13.5 Å². The predicted octanol–water partition coefficient (Wildman–Crippen LogP) is 2.63. The number of hydrogen-bond acceptors (Lipinski definition) is 3. The lowest BCUT2D eigenvalue weighted by atomic mass is 10.1. The molecule has 110 valence electrons. The Balaban J connectivity index is 3.00. The van der Waals surface area contributed by atoms with Gasteiger partial charge >= 0.3 is 0 Å². The van der Waals surface area contributed by atoms with Crippen LogP contribution in [-0.4, -0.2) is 28.9 Å². The van der Waals surface area contributed by atoms with Crippen molar-refractivity contribution < 1.29 is 0 Å². The molecule has 0 aliphatic heterocycles. The molecule has 0 amide bonds. The van der Waals surface area contributed by atoms with E-state index in [1.807, 2.05) is 11.7 Å². The summed E-state index contributed by atoms with van der Waals surface area (Å²) < 4.78 is 2.02. The third-order valence-electron chi connectivity index (χ3n) is 3.61. The molecule has 1 heterocycles. The Labute approximate surface area is 118 Å². The predicted molar refractivity (Wildman–Crippen MR) is 82.7 cm³/mol. The lowest BCUT2D eigenvalue weighted by Gasteiger charge is -2.30. The second-order valence-corrected chi connectivity index (χ2v) is 5.54. The minimum Gasteiger partial charge on any atom is -0.354 e. The highest BCUT2D eigenvalue weighted by Gasteiger charge is 2.20. The lowest BCUT2D eigenvalue weighted by Crippen LogP contribution is -2.34. The van der Waals surface area contributed by atoms with Crippen LogP contribution < -0.4 is 10.6 Å². The number of rotatable bonds is 8. The summed E-state index contributed by atoms with van der Waals surface area (Å²) in [6, 6.07) is 0.489. The van der Waals surface area contributed by atoms with Crippen molar-refractivity contribution in [1.82, 2.24) is 9.78 Å². The number of aryl methyl sites for hydroxylation is 2. The van der Waals surface area contributed by atoms with Gasteiger partial charge < -0.3 is 10.6 Å². The van der Waals surface area contributed by atoms with Crippen molar-refractivity contribution in [3.05, 3.63) is 11.3 Å². The summed E-state index contributed by atoms with van der Waals surface area (Å²) in [4.78, 5) is 2.47. The number of nitrogens with zero attached hydrogens (tertiary/aromatic N) is 3. The molecule has 19 heavy (non-hydrogen) atoms. The largest absolute Gasteiger partial charge is 0.354 e. The fraction of sp³-hybridized carbons (Fsp3) is 0.800. The molecule has 0 aliphatic carbocycles. The fourth-order valence-corrected chi connectivity index (χ4v) is 2.63. The number of unbranched alkanes of at least 4 members (excludes halogenated alkanes) is 2. The summed E-state index contributed by atoms with van der Waals surface area (Å²) in [5, 5.41) is 4.58. The second-order valence-electron chi connectivity index (χ2n) is 5.54. The van der Waals surface area contributed by atoms with E-state index in [4.69, 9.17) is 5.73 Å². The van der Waals surface area contributed by atoms with Crippen molar-refractivity contribution in [1.29, 1.82) is 0 Å².